The van der Waals surface area contributed by atoms with E-state index in [1.54, 1.807) is 6.20 Å². The number of aromatic nitrogens is 4. The molecule has 6 nitrogen and oxygen atoms in total. The van der Waals surface area contributed by atoms with Gasteiger partial charge in [-0.25, -0.2) is 9.97 Å². The topological polar surface area (TPSA) is 75.6 Å². The van der Waals surface area contributed by atoms with Gasteiger partial charge in [-0.15, -0.1) is 0 Å². The molecule has 0 saturated carbocycles. The van der Waals surface area contributed by atoms with E-state index in [0.717, 1.165) is 35.0 Å². The third-order valence-electron chi connectivity index (χ3n) is 3.73. The minimum Gasteiger partial charge on any atom is -0.356 e. The van der Waals surface area contributed by atoms with Crippen molar-refractivity contribution in [1.29, 1.82) is 0 Å². The van der Waals surface area contributed by atoms with E-state index in [1.807, 2.05) is 18.6 Å². The minimum atomic E-state index is 0.109. The van der Waals surface area contributed by atoms with Crippen LogP contribution in [0.4, 0.5) is 0 Å². The van der Waals surface area contributed by atoms with Crippen molar-refractivity contribution in [2.45, 2.75) is 18.9 Å². The molecule has 0 radical (unpaired) electrons. The summed E-state index contributed by atoms with van der Waals surface area (Å²) in [5.74, 6) is 0.109. The van der Waals surface area contributed by atoms with Crippen molar-refractivity contribution in [3.8, 4) is 0 Å². The predicted molar refractivity (Wildman–Crippen MR) is 70.7 cm³/mol. The fourth-order valence-corrected chi connectivity index (χ4v) is 2.81. The number of H-pyrrole nitrogens is 1. The zero-order valence-electron chi connectivity index (χ0n) is 10.3. The Bertz CT molecular complexity index is 772. The van der Waals surface area contributed by atoms with Gasteiger partial charge in [0.1, 0.15) is 11.2 Å². The van der Waals surface area contributed by atoms with Crippen LogP contribution in [0.3, 0.4) is 0 Å². The van der Waals surface area contributed by atoms with Gasteiger partial charge >= 0.3 is 0 Å². The maximum Gasteiger partial charge on any atom is 0.222 e. The average molecular weight is 255 g/mol. The quantitative estimate of drug-likeness (QED) is 0.689. The van der Waals surface area contributed by atoms with Crippen LogP contribution in [0.2, 0.25) is 0 Å². The monoisotopic (exact) mass is 255 g/mol. The normalized spacial score (nSPS) is 20.0. The SMILES string of the molecule is O=C1C[C@@H](n2cnc3cnc4[nH]ccc4c32)CCN1. The number of rotatable bonds is 1. The standard InChI is InChI=1S/C13H13N5O/c19-11-5-8(1-3-14-11)18-7-17-10-6-16-13-9(12(10)18)2-4-15-13/h2,4,6-8H,1,3,5H2,(H,14,19)(H,15,16)/t8-/m0/s1. The molecule has 1 aliphatic rings. The van der Waals surface area contributed by atoms with E-state index in [9.17, 15) is 4.79 Å². The van der Waals surface area contributed by atoms with Crippen LogP contribution in [-0.4, -0.2) is 32.0 Å². The molecule has 0 unspecified atom stereocenters. The number of piperidine rings is 1. The second kappa shape index (κ2) is 3.81. The zero-order valence-corrected chi connectivity index (χ0v) is 10.3. The summed E-state index contributed by atoms with van der Waals surface area (Å²) in [6, 6.07) is 2.19. The first-order valence-corrected chi connectivity index (χ1v) is 6.38. The van der Waals surface area contributed by atoms with Crippen LogP contribution in [0.1, 0.15) is 18.9 Å². The molecule has 3 aromatic rings. The van der Waals surface area contributed by atoms with Crippen LogP contribution >= 0.6 is 0 Å². The van der Waals surface area contributed by atoms with Gasteiger partial charge in [0.15, 0.2) is 0 Å². The number of hydrogen-bond acceptors (Lipinski definition) is 3. The van der Waals surface area contributed by atoms with Gasteiger partial charge in [-0.1, -0.05) is 0 Å². The Morgan fingerprint density at radius 3 is 3.21 bits per heavy atom. The summed E-state index contributed by atoms with van der Waals surface area (Å²) in [4.78, 5) is 23.4. The van der Waals surface area contributed by atoms with Crippen LogP contribution in [0.15, 0.2) is 24.8 Å². The molecular weight excluding hydrogens is 242 g/mol. The molecule has 0 aromatic carbocycles. The van der Waals surface area contributed by atoms with E-state index in [-0.39, 0.29) is 11.9 Å². The number of nitrogens with one attached hydrogen (secondary N) is 2. The van der Waals surface area contributed by atoms with Crippen molar-refractivity contribution in [2.24, 2.45) is 0 Å². The fourth-order valence-electron chi connectivity index (χ4n) is 2.81. The van der Waals surface area contributed by atoms with Crippen LogP contribution in [0, 0.1) is 0 Å². The lowest BCUT2D eigenvalue weighted by Crippen LogP contribution is -2.34. The molecule has 4 rings (SSSR count). The summed E-state index contributed by atoms with van der Waals surface area (Å²) in [7, 11) is 0. The Morgan fingerprint density at radius 1 is 1.37 bits per heavy atom. The first-order valence-electron chi connectivity index (χ1n) is 6.38. The van der Waals surface area contributed by atoms with Gasteiger partial charge in [0.25, 0.3) is 0 Å². The second-order valence-electron chi connectivity index (χ2n) is 4.88. The number of pyridine rings is 1. The molecule has 3 aromatic heterocycles. The minimum absolute atomic E-state index is 0.109. The van der Waals surface area contributed by atoms with Crippen LogP contribution < -0.4 is 5.32 Å². The van der Waals surface area contributed by atoms with Gasteiger partial charge in [-0.2, -0.15) is 0 Å². The molecule has 0 spiro atoms. The van der Waals surface area contributed by atoms with Gasteiger partial charge in [0.2, 0.25) is 5.91 Å². The Balaban J connectivity index is 1.93. The van der Waals surface area contributed by atoms with E-state index in [2.05, 4.69) is 24.8 Å². The Morgan fingerprint density at radius 2 is 2.32 bits per heavy atom. The van der Waals surface area contributed by atoms with Gasteiger partial charge in [-0.3, -0.25) is 4.79 Å². The highest BCUT2D eigenvalue weighted by Gasteiger charge is 2.22. The summed E-state index contributed by atoms with van der Waals surface area (Å²) < 4.78 is 2.12. The lowest BCUT2D eigenvalue weighted by molar-refractivity contribution is -0.123. The summed E-state index contributed by atoms with van der Waals surface area (Å²) in [5, 5.41) is 3.92. The predicted octanol–water partition coefficient (Wildman–Crippen LogP) is 1.36. The number of carbonyl (C=O) groups excluding carboxylic acids is 1. The highest BCUT2D eigenvalue weighted by molar-refractivity contribution is 6.01. The molecule has 6 heteroatoms. The first kappa shape index (κ1) is 10.5. The van der Waals surface area contributed by atoms with E-state index in [4.69, 9.17) is 0 Å². The summed E-state index contributed by atoms with van der Waals surface area (Å²) >= 11 is 0. The molecule has 19 heavy (non-hydrogen) atoms. The third-order valence-corrected chi connectivity index (χ3v) is 3.73. The average Bonchev–Trinajstić information content (AvgIpc) is 3.04. The number of aromatic amines is 1. The van der Waals surface area contributed by atoms with Gasteiger partial charge in [0, 0.05) is 30.6 Å². The van der Waals surface area contributed by atoms with Crippen molar-refractivity contribution < 1.29 is 4.79 Å². The molecule has 4 heterocycles. The van der Waals surface area contributed by atoms with E-state index >= 15 is 0 Å². The smallest absolute Gasteiger partial charge is 0.222 e. The molecular formula is C13H13N5O. The molecule has 0 aliphatic carbocycles. The Kier molecular flexibility index (Phi) is 2.11. The number of carbonyl (C=O) groups is 1. The number of hydrogen-bond donors (Lipinski definition) is 2. The van der Waals surface area contributed by atoms with Gasteiger partial charge < -0.3 is 14.9 Å². The van der Waals surface area contributed by atoms with E-state index in [0.29, 0.717) is 6.42 Å². The largest absolute Gasteiger partial charge is 0.356 e. The third kappa shape index (κ3) is 1.53. The number of nitrogens with zero attached hydrogens (tertiary/aromatic N) is 3. The highest BCUT2D eigenvalue weighted by atomic mass is 16.1. The molecule has 0 bridgehead atoms. The number of imidazole rings is 1. The maximum atomic E-state index is 11.6. The summed E-state index contributed by atoms with van der Waals surface area (Å²) in [6.45, 7) is 0.727. The molecule has 96 valence electrons. The maximum absolute atomic E-state index is 11.6. The van der Waals surface area contributed by atoms with E-state index < -0.39 is 0 Å². The van der Waals surface area contributed by atoms with Crippen molar-refractivity contribution in [3.63, 3.8) is 0 Å². The molecule has 1 aliphatic heterocycles. The van der Waals surface area contributed by atoms with Gasteiger partial charge in [0.05, 0.1) is 18.0 Å². The summed E-state index contributed by atoms with van der Waals surface area (Å²) in [6.07, 6.45) is 6.92. The van der Waals surface area contributed by atoms with Crippen LogP contribution in [-0.2, 0) is 4.79 Å². The Hall–Kier alpha value is -2.37. The summed E-state index contributed by atoms with van der Waals surface area (Å²) in [5.41, 5.74) is 2.79. The molecule has 1 saturated heterocycles. The fraction of sp³-hybridized carbons (Fsp3) is 0.308. The van der Waals surface area contributed by atoms with Crippen molar-refractivity contribution >= 4 is 28.0 Å². The highest BCUT2D eigenvalue weighted by Crippen LogP contribution is 2.28. The number of fused-ring (bicyclic) bond motifs is 3. The van der Waals surface area contributed by atoms with Gasteiger partial charge in [-0.05, 0) is 12.5 Å². The van der Waals surface area contributed by atoms with E-state index in [1.165, 1.54) is 0 Å². The molecule has 1 atom stereocenters. The van der Waals surface area contributed by atoms with Crippen molar-refractivity contribution in [3.05, 3.63) is 24.8 Å². The van der Waals surface area contributed by atoms with Crippen molar-refractivity contribution in [2.75, 3.05) is 6.54 Å². The lowest BCUT2D eigenvalue weighted by atomic mass is 10.1. The molecule has 1 fully saturated rings. The molecule has 1 amide bonds. The Labute approximate surface area is 108 Å². The molecule has 2 N–H and O–H groups in total. The zero-order chi connectivity index (χ0) is 12.8. The van der Waals surface area contributed by atoms with Crippen LogP contribution in [0.5, 0.6) is 0 Å². The lowest BCUT2D eigenvalue weighted by Gasteiger charge is -2.23. The van der Waals surface area contributed by atoms with Crippen molar-refractivity contribution in [1.82, 2.24) is 24.8 Å². The first-order chi connectivity index (χ1) is 9.33. The van der Waals surface area contributed by atoms with Crippen LogP contribution in [0.25, 0.3) is 22.1 Å². The number of amides is 1. The second-order valence-corrected chi connectivity index (χ2v) is 4.88.